The minimum Gasteiger partial charge on any atom is -0.438 e. The van der Waals surface area contributed by atoms with Crippen molar-refractivity contribution in [2.75, 3.05) is 0 Å². The summed E-state index contributed by atoms with van der Waals surface area (Å²) in [6.45, 7) is 3.67. The van der Waals surface area contributed by atoms with Crippen molar-refractivity contribution in [3.63, 3.8) is 0 Å². The number of H-pyrrole nitrogens is 2. The van der Waals surface area contributed by atoms with Crippen molar-refractivity contribution >= 4 is 10.9 Å². The van der Waals surface area contributed by atoms with Gasteiger partial charge in [-0.2, -0.15) is 5.10 Å². The molecule has 3 aromatic heterocycles. The zero-order valence-corrected chi connectivity index (χ0v) is 13.8. The molecule has 6 heteroatoms. The van der Waals surface area contributed by atoms with Crippen LogP contribution in [0.5, 0.6) is 11.6 Å². The number of fused-ring (bicyclic) bond motifs is 1. The van der Waals surface area contributed by atoms with Crippen LogP contribution in [0.3, 0.4) is 0 Å². The van der Waals surface area contributed by atoms with Crippen molar-refractivity contribution < 1.29 is 4.74 Å². The Hall–Kier alpha value is -3.41. The third-order valence-electron chi connectivity index (χ3n) is 4.20. The summed E-state index contributed by atoms with van der Waals surface area (Å²) >= 11 is 0. The molecule has 0 saturated heterocycles. The first-order valence-electron chi connectivity index (χ1n) is 7.90. The van der Waals surface area contributed by atoms with E-state index in [1.807, 2.05) is 49.5 Å². The number of rotatable bonds is 3. The average Bonchev–Trinajstić information content (AvgIpc) is 3.10. The molecular weight excluding hydrogens is 316 g/mol. The number of ether oxygens (including phenoxy) is 1. The maximum Gasteiger partial charge on any atom is 0.267 e. The number of aryl methyl sites for hydroxylation is 1. The summed E-state index contributed by atoms with van der Waals surface area (Å²) in [5.74, 6) is 1.23. The monoisotopic (exact) mass is 332 g/mol. The number of hydrogen-bond donors (Lipinski definition) is 2. The molecule has 2 N–H and O–H groups in total. The molecule has 0 fully saturated rings. The highest BCUT2D eigenvalue weighted by atomic mass is 16.5. The molecule has 0 amide bonds. The van der Waals surface area contributed by atoms with E-state index in [2.05, 4.69) is 20.2 Å². The third-order valence-corrected chi connectivity index (χ3v) is 4.20. The number of aromatic amines is 2. The molecule has 4 rings (SSSR count). The molecule has 124 valence electrons. The van der Waals surface area contributed by atoms with Crippen LogP contribution in [0.4, 0.5) is 0 Å². The summed E-state index contributed by atoms with van der Waals surface area (Å²) in [5.41, 5.74) is 4.01. The third kappa shape index (κ3) is 2.67. The summed E-state index contributed by atoms with van der Waals surface area (Å²) < 4.78 is 5.91. The van der Waals surface area contributed by atoms with Gasteiger partial charge in [0, 0.05) is 23.5 Å². The van der Waals surface area contributed by atoms with E-state index in [0.717, 1.165) is 27.7 Å². The summed E-state index contributed by atoms with van der Waals surface area (Å²) in [6.07, 6.45) is 3.56. The molecule has 3 heterocycles. The molecule has 0 aliphatic carbocycles. The van der Waals surface area contributed by atoms with E-state index in [-0.39, 0.29) is 5.56 Å². The Morgan fingerprint density at radius 2 is 1.84 bits per heavy atom. The van der Waals surface area contributed by atoms with E-state index in [1.165, 1.54) is 0 Å². The number of nitrogens with zero attached hydrogens (tertiary/aromatic N) is 2. The lowest BCUT2D eigenvalue weighted by Gasteiger charge is -2.10. The van der Waals surface area contributed by atoms with Gasteiger partial charge in [0.15, 0.2) is 0 Å². The van der Waals surface area contributed by atoms with Crippen LogP contribution in [0, 0.1) is 13.8 Å². The summed E-state index contributed by atoms with van der Waals surface area (Å²) in [5, 5.41) is 7.47. The first kappa shape index (κ1) is 15.1. The Kier molecular flexibility index (Phi) is 3.57. The molecule has 6 nitrogen and oxygen atoms in total. The minimum absolute atomic E-state index is 0.177. The summed E-state index contributed by atoms with van der Waals surface area (Å²) in [6, 6.07) is 11.4. The highest BCUT2D eigenvalue weighted by Gasteiger charge is 2.11. The van der Waals surface area contributed by atoms with Gasteiger partial charge in [-0.05, 0) is 43.7 Å². The first-order valence-corrected chi connectivity index (χ1v) is 7.90. The molecule has 0 atom stereocenters. The molecule has 25 heavy (non-hydrogen) atoms. The quantitative estimate of drug-likeness (QED) is 0.599. The van der Waals surface area contributed by atoms with E-state index < -0.39 is 0 Å². The summed E-state index contributed by atoms with van der Waals surface area (Å²) in [7, 11) is 0. The SMILES string of the molecule is Cc1n[nH]c(=O)c(C)c1-c1ccc(Oc2nccc3[nH]ccc23)cc1. The van der Waals surface area contributed by atoms with Crippen molar-refractivity contribution in [1.29, 1.82) is 0 Å². The van der Waals surface area contributed by atoms with Crippen LogP contribution in [-0.2, 0) is 0 Å². The highest BCUT2D eigenvalue weighted by molar-refractivity contribution is 5.84. The summed E-state index contributed by atoms with van der Waals surface area (Å²) in [4.78, 5) is 19.3. The number of benzene rings is 1. The molecule has 1 aromatic carbocycles. The fraction of sp³-hybridized carbons (Fsp3) is 0.105. The van der Waals surface area contributed by atoms with Gasteiger partial charge < -0.3 is 9.72 Å². The van der Waals surface area contributed by atoms with Gasteiger partial charge >= 0.3 is 0 Å². The van der Waals surface area contributed by atoms with Crippen molar-refractivity contribution in [2.24, 2.45) is 0 Å². The van der Waals surface area contributed by atoms with E-state index >= 15 is 0 Å². The largest absolute Gasteiger partial charge is 0.438 e. The Labute approximate surface area is 143 Å². The van der Waals surface area contributed by atoms with Gasteiger partial charge in [-0.15, -0.1) is 0 Å². The Morgan fingerprint density at radius 1 is 1.04 bits per heavy atom. The van der Waals surface area contributed by atoms with Gasteiger partial charge in [-0.25, -0.2) is 10.1 Å². The Morgan fingerprint density at radius 3 is 2.64 bits per heavy atom. The molecule has 4 aromatic rings. The normalized spacial score (nSPS) is 11.0. The van der Waals surface area contributed by atoms with Gasteiger partial charge in [0.25, 0.3) is 5.56 Å². The predicted molar refractivity (Wildman–Crippen MR) is 95.9 cm³/mol. The highest BCUT2D eigenvalue weighted by Crippen LogP contribution is 2.30. The van der Waals surface area contributed by atoms with Crippen molar-refractivity contribution in [3.05, 3.63) is 70.4 Å². The molecule has 0 bridgehead atoms. The van der Waals surface area contributed by atoms with E-state index in [4.69, 9.17) is 4.74 Å². The van der Waals surface area contributed by atoms with Crippen LogP contribution in [0.25, 0.3) is 22.0 Å². The van der Waals surface area contributed by atoms with Crippen molar-refractivity contribution in [1.82, 2.24) is 20.2 Å². The fourth-order valence-corrected chi connectivity index (χ4v) is 2.92. The lowest BCUT2D eigenvalue weighted by atomic mass is 10.0. The molecule has 0 radical (unpaired) electrons. The standard InChI is InChI=1S/C19H16N4O2/c1-11-17(12(2)22-23-18(11)24)13-3-5-14(6-4-13)25-19-15-7-9-20-16(15)8-10-21-19/h3-10,20H,1-2H3,(H,23,24). The number of hydrogen-bond acceptors (Lipinski definition) is 4. The lowest BCUT2D eigenvalue weighted by Crippen LogP contribution is -2.14. The van der Waals surface area contributed by atoms with Crippen LogP contribution in [0.15, 0.2) is 53.6 Å². The molecule has 0 saturated carbocycles. The first-order chi connectivity index (χ1) is 12.1. The van der Waals surface area contributed by atoms with Gasteiger partial charge in [0.2, 0.25) is 5.88 Å². The molecule has 0 unspecified atom stereocenters. The smallest absolute Gasteiger partial charge is 0.267 e. The van der Waals surface area contributed by atoms with Crippen LogP contribution < -0.4 is 10.3 Å². The predicted octanol–water partition coefficient (Wildman–Crippen LogP) is 3.72. The van der Waals surface area contributed by atoms with Gasteiger partial charge in [0.1, 0.15) is 5.75 Å². The van der Waals surface area contributed by atoms with E-state index in [1.54, 1.807) is 13.1 Å². The zero-order chi connectivity index (χ0) is 17.4. The molecule has 0 spiro atoms. The van der Waals surface area contributed by atoms with Crippen LogP contribution in [0.1, 0.15) is 11.3 Å². The van der Waals surface area contributed by atoms with E-state index in [9.17, 15) is 4.79 Å². The lowest BCUT2D eigenvalue weighted by molar-refractivity contribution is 0.469. The second-order valence-electron chi connectivity index (χ2n) is 5.82. The Bertz CT molecular complexity index is 1110. The average molecular weight is 332 g/mol. The topological polar surface area (TPSA) is 83.7 Å². The maximum absolute atomic E-state index is 11.8. The van der Waals surface area contributed by atoms with Gasteiger partial charge in [-0.3, -0.25) is 4.79 Å². The number of nitrogens with one attached hydrogen (secondary N) is 2. The Balaban J connectivity index is 1.68. The fourth-order valence-electron chi connectivity index (χ4n) is 2.92. The second-order valence-corrected chi connectivity index (χ2v) is 5.82. The minimum atomic E-state index is -0.177. The van der Waals surface area contributed by atoms with Crippen LogP contribution in [0.2, 0.25) is 0 Å². The molecular formula is C19H16N4O2. The maximum atomic E-state index is 11.8. The van der Waals surface area contributed by atoms with E-state index in [0.29, 0.717) is 17.2 Å². The zero-order valence-electron chi connectivity index (χ0n) is 13.8. The van der Waals surface area contributed by atoms with Crippen LogP contribution in [-0.4, -0.2) is 20.2 Å². The molecule has 0 aliphatic rings. The van der Waals surface area contributed by atoms with Crippen LogP contribution >= 0.6 is 0 Å². The van der Waals surface area contributed by atoms with Crippen molar-refractivity contribution in [2.45, 2.75) is 13.8 Å². The number of aromatic nitrogens is 4. The van der Waals surface area contributed by atoms with Crippen molar-refractivity contribution in [3.8, 4) is 22.8 Å². The van der Waals surface area contributed by atoms with Gasteiger partial charge in [-0.1, -0.05) is 12.1 Å². The second kappa shape index (κ2) is 5.90. The van der Waals surface area contributed by atoms with Gasteiger partial charge in [0.05, 0.1) is 16.6 Å². The number of pyridine rings is 1. The molecule has 0 aliphatic heterocycles.